The standard InChI is InChI=1S/C23H27N5O3S/c1-4-5-10-21(29)24-17(3)22-25-26-23(32-15-18-9-7-6-8-16(18)2)27(22)19-11-13-20(14-12-19)28(30)31/h6-9,11-14,17H,4-5,10,15H2,1-3H3,(H,24,29). The molecule has 1 amide bonds. The number of benzene rings is 2. The average Bonchev–Trinajstić information content (AvgIpc) is 3.21. The van der Waals surface area contributed by atoms with Crippen LogP contribution in [-0.4, -0.2) is 25.6 Å². The Hall–Kier alpha value is -3.20. The van der Waals surface area contributed by atoms with Crippen LogP contribution in [0.4, 0.5) is 5.69 Å². The fourth-order valence-corrected chi connectivity index (χ4v) is 4.29. The number of rotatable bonds is 10. The number of unbranched alkanes of at least 4 members (excludes halogenated alkanes) is 1. The van der Waals surface area contributed by atoms with E-state index in [-0.39, 0.29) is 17.6 Å². The van der Waals surface area contributed by atoms with E-state index < -0.39 is 4.92 Å². The number of nitrogens with one attached hydrogen (secondary N) is 1. The predicted molar refractivity (Wildman–Crippen MR) is 125 cm³/mol. The predicted octanol–water partition coefficient (Wildman–Crippen LogP) is 5.14. The number of aromatic nitrogens is 3. The van der Waals surface area contributed by atoms with Crippen LogP contribution in [0.1, 0.15) is 56.1 Å². The summed E-state index contributed by atoms with van der Waals surface area (Å²) in [5.41, 5.74) is 3.10. The normalized spacial score (nSPS) is 11.8. The second-order valence-electron chi connectivity index (χ2n) is 7.56. The molecule has 0 bridgehead atoms. The number of aryl methyl sites for hydroxylation is 1. The highest BCUT2D eigenvalue weighted by atomic mass is 32.2. The number of nitrogens with zero attached hydrogens (tertiary/aromatic N) is 4. The molecule has 3 rings (SSSR count). The fraction of sp³-hybridized carbons (Fsp3) is 0.348. The number of nitro groups is 1. The summed E-state index contributed by atoms with van der Waals surface area (Å²) >= 11 is 1.53. The van der Waals surface area contributed by atoms with Gasteiger partial charge in [-0.3, -0.25) is 19.5 Å². The Bertz CT molecular complexity index is 1080. The van der Waals surface area contributed by atoms with Gasteiger partial charge in [0, 0.05) is 30.0 Å². The summed E-state index contributed by atoms with van der Waals surface area (Å²) in [5, 5.41) is 23.4. The number of thioether (sulfide) groups is 1. The highest BCUT2D eigenvalue weighted by Crippen LogP contribution is 2.29. The van der Waals surface area contributed by atoms with Gasteiger partial charge in [-0.15, -0.1) is 10.2 Å². The lowest BCUT2D eigenvalue weighted by Crippen LogP contribution is -2.28. The minimum atomic E-state index is -0.429. The van der Waals surface area contributed by atoms with Crippen LogP contribution in [-0.2, 0) is 10.5 Å². The minimum Gasteiger partial charge on any atom is -0.346 e. The molecule has 2 aromatic carbocycles. The van der Waals surface area contributed by atoms with Crippen LogP contribution in [0, 0.1) is 17.0 Å². The van der Waals surface area contributed by atoms with Gasteiger partial charge >= 0.3 is 0 Å². The minimum absolute atomic E-state index is 0.0124. The lowest BCUT2D eigenvalue weighted by atomic mass is 10.1. The van der Waals surface area contributed by atoms with Crippen molar-refractivity contribution in [1.29, 1.82) is 0 Å². The van der Waals surface area contributed by atoms with Crippen LogP contribution in [0.5, 0.6) is 0 Å². The van der Waals surface area contributed by atoms with Crippen LogP contribution in [0.2, 0.25) is 0 Å². The zero-order valence-corrected chi connectivity index (χ0v) is 19.3. The molecule has 1 N–H and O–H groups in total. The molecule has 0 saturated carbocycles. The van der Waals surface area contributed by atoms with Crippen molar-refractivity contribution >= 4 is 23.4 Å². The SMILES string of the molecule is CCCCC(=O)NC(C)c1nnc(SCc2ccccc2C)n1-c1ccc([N+](=O)[O-])cc1. The van der Waals surface area contributed by atoms with Gasteiger partial charge in [0.05, 0.1) is 11.0 Å². The first-order chi connectivity index (χ1) is 15.4. The van der Waals surface area contributed by atoms with Gasteiger partial charge in [-0.1, -0.05) is 49.4 Å². The van der Waals surface area contributed by atoms with Crippen molar-refractivity contribution < 1.29 is 9.72 Å². The van der Waals surface area contributed by atoms with Crippen LogP contribution < -0.4 is 5.32 Å². The molecule has 3 aromatic rings. The second kappa shape index (κ2) is 10.9. The Morgan fingerprint density at radius 2 is 1.91 bits per heavy atom. The van der Waals surface area contributed by atoms with Crippen LogP contribution in [0.25, 0.3) is 5.69 Å². The van der Waals surface area contributed by atoms with Crippen molar-refractivity contribution in [3.8, 4) is 5.69 Å². The molecule has 0 aliphatic rings. The number of amides is 1. The summed E-state index contributed by atoms with van der Waals surface area (Å²) in [6, 6.07) is 14.0. The van der Waals surface area contributed by atoms with E-state index in [9.17, 15) is 14.9 Å². The molecular formula is C23H27N5O3S. The molecule has 1 unspecified atom stereocenters. The van der Waals surface area contributed by atoms with E-state index in [1.54, 1.807) is 12.1 Å². The first-order valence-electron chi connectivity index (χ1n) is 10.6. The quantitative estimate of drug-likeness (QED) is 0.259. The van der Waals surface area contributed by atoms with Crippen molar-refractivity contribution in [2.45, 2.75) is 57.0 Å². The van der Waals surface area contributed by atoms with E-state index in [0.717, 1.165) is 12.8 Å². The van der Waals surface area contributed by atoms with Crippen LogP contribution in [0.3, 0.4) is 0 Å². The van der Waals surface area contributed by atoms with E-state index in [1.165, 1.54) is 35.0 Å². The number of hydrogen-bond donors (Lipinski definition) is 1. The molecule has 9 heteroatoms. The second-order valence-corrected chi connectivity index (χ2v) is 8.50. The van der Waals surface area contributed by atoms with E-state index >= 15 is 0 Å². The first-order valence-corrected chi connectivity index (χ1v) is 11.6. The monoisotopic (exact) mass is 453 g/mol. The summed E-state index contributed by atoms with van der Waals surface area (Å²) in [6.07, 6.45) is 2.23. The summed E-state index contributed by atoms with van der Waals surface area (Å²) < 4.78 is 1.86. The molecule has 0 saturated heterocycles. The van der Waals surface area contributed by atoms with Crippen molar-refractivity contribution in [2.75, 3.05) is 0 Å². The van der Waals surface area contributed by atoms with E-state index in [1.807, 2.05) is 30.5 Å². The van der Waals surface area contributed by atoms with Crippen molar-refractivity contribution in [1.82, 2.24) is 20.1 Å². The van der Waals surface area contributed by atoms with Crippen molar-refractivity contribution in [3.63, 3.8) is 0 Å². The molecular weight excluding hydrogens is 426 g/mol. The molecule has 168 valence electrons. The number of nitro benzene ring substituents is 1. The molecule has 0 fully saturated rings. The maximum Gasteiger partial charge on any atom is 0.269 e. The van der Waals surface area contributed by atoms with E-state index in [4.69, 9.17) is 0 Å². The van der Waals surface area contributed by atoms with Gasteiger partial charge in [-0.25, -0.2) is 0 Å². The highest BCUT2D eigenvalue weighted by Gasteiger charge is 2.21. The van der Waals surface area contributed by atoms with Gasteiger partial charge in [-0.05, 0) is 43.5 Å². The van der Waals surface area contributed by atoms with Crippen molar-refractivity contribution in [3.05, 3.63) is 75.6 Å². The Balaban J connectivity index is 1.91. The first kappa shape index (κ1) is 23.5. The van der Waals surface area contributed by atoms with Gasteiger partial charge in [0.1, 0.15) is 0 Å². The lowest BCUT2D eigenvalue weighted by Gasteiger charge is -2.16. The highest BCUT2D eigenvalue weighted by molar-refractivity contribution is 7.98. The lowest BCUT2D eigenvalue weighted by molar-refractivity contribution is -0.384. The summed E-state index contributed by atoms with van der Waals surface area (Å²) in [5.74, 6) is 1.25. The average molecular weight is 454 g/mol. The van der Waals surface area contributed by atoms with E-state index in [2.05, 4.69) is 34.6 Å². The third kappa shape index (κ3) is 5.73. The van der Waals surface area contributed by atoms with Gasteiger partial charge in [0.15, 0.2) is 11.0 Å². The number of carbonyl (C=O) groups is 1. The Labute approximate surface area is 191 Å². The fourth-order valence-electron chi connectivity index (χ4n) is 3.25. The molecule has 1 heterocycles. The zero-order valence-electron chi connectivity index (χ0n) is 18.4. The largest absolute Gasteiger partial charge is 0.346 e. The number of hydrogen-bond acceptors (Lipinski definition) is 6. The molecule has 0 radical (unpaired) electrons. The maximum atomic E-state index is 12.3. The third-order valence-electron chi connectivity index (χ3n) is 5.12. The van der Waals surface area contributed by atoms with Gasteiger partial charge in [-0.2, -0.15) is 0 Å². The Morgan fingerprint density at radius 3 is 2.56 bits per heavy atom. The Kier molecular flexibility index (Phi) is 7.99. The molecule has 1 atom stereocenters. The zero-order chi connectivity index (χ0) is 23.1. The van der Waals surface area contributed by atoms with E-state index in [0.29, 0.717) is 28.8 Å². The molecule has 32 heavy (non-hydrogen) atoms. The van der Waals surface area contributed by atoms with Crippen LogP contribution in [0.15, 0.2) is 53.7 Å². The summed E-state index contributed by atoms with van der Waals surface area (Å²) in [4.78, 5) is 22.9. The topological polar surface area (TPSA) is 103 Å². The Morgan fingerprint density at radius 1 is 1.19 bits per heavy atom. The summed E-state index contributed by atoms with van der Waals surface area (Å²) in [6.45, 7) is 5.97. The molecule has 0 aliphatic heterocycles. The third-order valence-corrected chi connectivity index (χ3v) is 6.10. The maximum absolute atomic E-state index is 12.3. The number of non-ortho nitro benzene ring substituents is 1. The molecule has 1 aromatic heterocycles. The van der Waals surface area contributed by atoms with Crippen molar-refractivity contribution in [2.24, 2.45) is 0 Å². The molecule has 8 nitrogen and oxygen atoms in total. The van der Waals surface area contributed by atoms with Crippen LogP contribution >= 0.6 is 11.8 Å². The molecule has 0 aliphatic carbocycles. The smallest absolute Gasteiger partial charge is 0.269 e. The molecule has 0 spiro atoms. The van der Waals surface area contributed by atoms with Gasteiger partial charge in [0.25, 0.3) is 5.69 Å². The summed E-state index contributed by atoms with van der Waals surface area (Å²) in [7, 11) is 0. The van der Waals surface area contributed by atoms with Gasteiger partial charge in [0.2, 0.25) is 5.91 Å². The number of carbonyl (C=O) groups excluding carboxylic acids is 1. The van der Waals surface area contributed by atoms with Gasteiger partial charge < -0.3 is 5.32 Å².